The summed E-state index contributed by atoms with van der Waals surface area (Å²) in [5, 5.41) is 12.1. The van der Waals surface area contributed by atoms with Gasteiger partial charge in [-0.15, -0.1) is 5.10 Å². The maximum atomic E-state index is 5.95. The number of hydrogen-bond donors (Lipinski definition) is 0. The van der Waals surface area contributed by atoms with Gasteiger partial charge < -0.3 is 0 Å². The first kappa shape index (κ1) is 10.6. The van der Waals surface area contributed by atoms with E-state index >= 15 is 0 Å². The summed E-state index contributed by atoms with van der Waals surface area (Å²) in [6.45, 7) is 2.00. The maximum absolute atomic E-state index is 5.95. The third kappa shape index (κ3) is 2.18. The first-order chi connectivity index (χ1) is 7.20. The number of hydrogen-bond acceptors (Lipinski definition) is 3. The quantitative estimate of drug-likeness (QED) is 0.853. The standard InChI is InChI=1S/C9H8BrClN4/c1-2-9-12-13-14-15(9)8-4-6(10)3-7(11)5-8/h3-5H,2H2,1H3. The molecular weight excluding hydrogens is 279 g/mol. The van der Waals surface area contributed by atoms with Crippen LogP contribution in [0.25, 0.3) is 5.69 Å². The second-order valence-corrected chi connectivity index (χ2v) is 4.34. The molecule has 0 radical (unpaired) electrons. The lowest BCUT2D eigenvalue weighted by Gasteiger charge is -2.04. The number of rotatable bonds is 2. The summed E-state index contributed by atoms with van der Waals surface area (Å²) in [5.41, 5.74) is 0.858. The van der Waals surface area contributed by atoms with Crippen LogP contribution in [0.3, 0.4) is 0 Å². The number of nitrogens with zero attached hydrogens (tertiary/aromatic N) is 4. The summed E-state index contributed by atoms with van der Waals surface area (Å²) in [6, 6.07) is 5.56. The smallest absolute Gasteiger partial charge is 0.156 e. The van der Waals surface area contributed by atoms with Gasteiger partial charge in [-0.25, -0.2) is 0 Å². The molecule has 0 aliphatic carbocycles. The molecule has 1 heterocycles. The zero-order chi connectivity index (χ0) is 10.8. The van der Waals surface area contributed by atoms with Gasteiger partial charge in [-0.05, 0) is 28.6 Å². The van der Waals surface area contributed by atoms with Crippen molar-refractivity contribution in [1.29, 1.82) is 0 Å². The molecule has 0 N–H and O–H groups in total. The van der Waals surface area contributed by atoms with Crippen molar-refractivity contribution < 1.29 is 0 Å². The molecule has 1 aromatic carbocycles. The van der Waals surface area contributed by atoms with Gasteiger partial charge in [-0.3, -0.25) is 0 Å². The van der Waals surface area contributed by atoms with Crippen LogP contribution in [0.1, 0.15) is 12.7 Å². The molecule has 0 fully saturated rings. The van der Waals surface area contributed by atoms with E-state index in [0.29, 0.717) is 5.02 Å². The fraction of sp³-hybridized carbons (Fsp3) is 0.222. The maximum Gasteiger partial charge on any atom is 0.156 e. The number of tetrazole rings is 1. The predicted octanol–water partition coefficient (Wildman–Crippen LogP) is 2.64. The van der Waals surface area contributed by atoms with E-state index in [0.717, 1.165) is 22.4 Å². The van der Waals surface area contributed by atoms with Crippen LogP contribution in [0.5, 0.6) is 0 Å². The van der Waals surface area contributed by atoms with Gasteiger partial charge >= 0.3 is 0 Å². The highest BCUT2D eigenvalue weighted by Crippen LogP contribution is 2.22. The largest absolute Gasteiger partial charge is 0.197 e. The zero-order valence-corrected chi connectivity index (χ0v) is 10.3. The van der Waals surface area contributed by atoms with E-state index in [2.05, 4.69) is 31.5 Å². The van der Waals surface area contributed by atoms with Gasteiger partial charge in [0.15, 0.2) is 5.82 Å². The molecular formula is C9H8BrClN4. The van der Waals surface area contributed by atoms with Crippen LogP contribution in [0, 0.1) is 0 Å². The first-order valence-corrected chi connectivity index (χ1v) is 5.61. The Morgan fingerprint density at radius 1 is 1.40 bits per heavy atom. The Kier molecular flexibility index (Phi) is 3.02. The molecule has 0 atom stereocenters. The molecule has 0 spiro atoms. The van der Waals surface area contributed by atoms with E-state index in [-0.39, 0.29) is 0 Å². The van der Waals surface area contributed by atoms with Crippen LogP contribution in [0.15, 0.2) is 22.7 Å². The van der Waals surface area contributed by atoms with Crippen molar-refractivity contribution in [3.63, 3.8) is 0 Å². The molecule has 0 saturated heterocycles. The molecule has 1 aromatic heterocycles. The zero-order valence-electron chi connectivity index (χ0n) is 7.98. The fourth-order valence-corrected chi connectivity index (χ4v) is 2.13. The molecule has 0 aliphatic rings. The highest BCUT2D eigenvalue weighted by Gasteiger charge is 2.07. The molecule has 0 aliphatic heterocycles. The molecule has 4 nitrogen and oxygen atoms in total. The topological polar surface area (TPSA) is 43.6 Å². The molecule has 2 rings (SSSR count). The van der Waals surface area contributed by atoms with Crippen molar-refractivity contribution >= 4 is 27.5 Å². The van der Waals surface area contributed by atoms with Crippen LogP contribution in [-0.4, -0.2) is 20.2 Å². The lowest BCUT2D eigenvalue weighted by molar-refractivity contribution is 0.766. The summed E-state index contributed by atoms with van der Waals surface area (Å²) < 4.78 is 2.58. The Labute approximate surface area is 100 Å². The minimum atomic E-state index is 0.650. The van der Waals surface area contributed by atoms with E-state index in [1.165, 1.54) is 0 Å². The second-order valence-electron chi connectivity index (χ2n) is 2.99. The van der Waals surface area contributed by atoms with Crippen molar-refractivity contribution in [3.05, 3.63) is 33.5 Å². The van der Waals surface area contributed by atoms with Crippen LogP contribution < -0.4 is 0 Å². The SMILES string of the molecule is CCc1nnnn1-c1cc(Cl)cc(Br)c1. The third-order valence-corrected chi connectivity index (χ3v) is 2.62. The molecule has 78 valence electrons. The van der Waals surface area contributed by atoms with Gasteiger partial charge in [-0.2, -0.15) is 4.68 Å². The van der Waals surface area contributed by atoms with Gasteiger partial charge in [0.25, 0.3) is 0 Å². The van der Waals surface area contributed by atoms with E-state index in [4.69, 9.17) is 11.6 Å². The minimum absolute atomic E-state index is 0.650. The Bertz CT molecular complexity index is 462. The Balaban J connectivity index is 2.53. The molecule has 0 bridgehead atoms. The van der Waals surface area contributed by atoms with Crippen molar-refractivity contribution in [3.8, 4) is 5.69 Å². The van der Waals surface area contributed by atoms with Gasteiger partial charge in [0, 0.05) is 15.9 Å². The van der Waals surface area contributed by atoms with Crippen LogP contribution in [-0.2, 0) is 6.42 Å². The third-order valence-electron chi connectivity index (χ3n) is 1.94. The average molecular weight is 288 g/mol. The van der Waals surface area contributed by atoms with Crippen LogP contribution >= 0.6 is 27.5 Å². The van der Waals surface area contributed by atoms with Gasteiger partial charge in [0.05, 0.1) is 5.69 Å². The summed E-state index contributed by atoms with van der Waals surface area (Å²) >= 11 is 9.33. The van der Waals surface area contributed by atoms with Crippen molar-refractivity contribution in [2.45, 2.75) is 13.3 Å². The lowest BCUT2D eigenvalue weighted by Crippen LogP contribution is -2.02. The monoisotopic (exact) mass is 286 g/mol. The van der Waals surface area contributed by atoms with Gasteiger partial charge in [0.1, 0.15) is 0 Å². The van der Waals surface area contributed by atoms with E-state index < -0.39 is 0 Å². The summed E-state index contributed by atoms with van der Waals surface area (Å²) in [4.78, 5) is 0. The molecule has 0 unspecified atom stereocenters. The average Bonchev–Trinajstić information content (AvgIpc) is 2.63. The van der Waals surface area contributed by atoms with Crippen LogP contribution in [0.2, 0.25) is 5.02 Å². The highest BCUT2D eigenvalue weighted by atomic mass is 79.9. The summed E-state index contributed by atoms with van der Waals surface area (Å²) in [7, 11) is 0. The van der Waals surface area contributed by atoms with Crippen molar-refractivity contribution in [1.82, 2.24) is 20.2 Å². The minimum Gasteiger partial charge on any atom is -0.197 e. The fourth-order valence-electron chi connectivity index (χ4n) is 1.29. The first-order valence-electron chi connectivity index (χ1n) is 4.44. The Morgan fingerprint density at radius 2 is 2.20 bits per heavy atom. The van der Waals surface area contributed by atoms with E-state index in [9.17, 15) is 0 Å². The van der Waals surface area contributed by atoms with Crippen LogP contribution in [0.4, 0.5) is 0 Å². The Hall–Kier alpha value is -0.940. The van der Waals surface area contributed by atoms with Gasteiger partial charge in [0.2, 0.25) is 0 Å². The lowest BCUT2D eigenvalue weighted by atomic mass is 10.3. The number of aromatic nitrogens is 4. The van der Waals surface area contributed by atoms with Gasteiger partial charge in [-0.1, -0.05) is 34.5 Å². The van der Waals surface area contributed by atoms with Crippen molar-refractivity contribution in [2.75, 3.05) is 0 Å². The molecule has 0 saturated carbocycles. The highest BCUT2D eigenvalue weighted by molar-refractivity contribution is 9.10. The second kappa shape index (κ2) is 4.28. The summed E-state index contributed by atoms with van der Waals surface area (Å²) in [6.07, 6.45) is 0.775. The van der Waals surface area contributed by atoms with E-state index in [1.807, 2.05) is 25.1 Å². The number of aryl methyl sites for hydroxylation is 1. The summed E-state index contributed by atoms with van der Waals surface area (Å²) in [5.74, 6) is 0.809. The van der Waals surface area contributed by atoms with E-state index in [1.54, 1.807) is 4.68 Å². The number of benzene rings is 1. The Morgan fingerprint density at radius 3 is 2.87 bits per heavy atom. The van der Waals surface area contributed by atoms with Crippen molar-refractivity contribution in [2.24, 2.45) is 0 Å². The molecule has 2 aromatic rings. The normalized spacial score (nSPS) is 10.6. The molecule has 6 heteroatoms. The molecule has 0 amide bonds. The predicted molar refractivity (Wildman–Crippen MR) is 61.2 cm³/mol. The number of halogens is 2. The molecule has 15 heavy (non-hydrogen) atoms.